The fourth-order valence-electron chi connectivity index (χ4n) is 2.75. The number of carbonyl (C=O) groups excluding carboxylic acids is 1. The Balaban J connectivity index is 1.98. The van der Waals surface area contributed by atoms with Crippen LogP contribution in [0.4, 0.5) is 5.95 Å². The molecule has 1 aliphatic rings. The summed E-state index contributed by atoms with van der Waals surface area (Å²) in [4.78, 5) is 23.4. The van der Waals surface area contributed by atoms with Gasteiger partial charge >= 0.3 is 0 Å². The third kappa shape index (κ3) is 4.41. The number of rotatable bonds is 5. The molecule has 1 atom stereocenters. The van der Waals surface area contributed by atoms with Gasteiger partial charge in [-0.3, -0.25) is 4.79 Å². The molecule has 0 saturated carbocycles. The first-order valence-electron chi connectivity index (χ1n) is 7.95. The Morgan fingerprint density at radius 2 is 2.10 bits per heavy atom. The van der Waals surface area contributed by atoms with E-state index in [2.05, 4.69) is 27.1 Å². The maximum Gasteiger partial charge on any atom is 0.225 e. The van der Waals surface area contributed by atoms with Gasteiger partial charge in [0.1, 0.15) is 0 Å². The van der Waals surface area contributed by atoms with Gasteiger partial charge in [0.25, 0.3) is 0 Å². The second kappa shape index (κ2) is 7.38. The molecule has 0 aliphatic carbocycles. The summed E-state index contributed by atoms with van der Waals surface area (Å²) in [5, 5.41) is 3.04. The highest BCUT2D eigenvalue weighted by molar-refractivity contribution is 5.79. The largest absolute Gasteiger partial charge is 0.356 e. The first kappa shape index (κ1) is 15.7. The second-order valence-corrected chi connectivity index (χ2v) is 5.88. The van der Waals surface area contributed by atoms with Gasteiger partial charge in [0, 0.05) is 31.0 Å². The highest BCUT2D eigenvalue weighted by Crippen LogP contribution is 2.21. The number of amides is 1. The van der Waals surface area contributed by atoms with Crippen LogP contribution in [0.5, 0.6) is 0 Å². The third-order valence-electron chi connectivity index (χ3n) is 3.88. The number of piperidine rings is 1. The lowest BCUT2D eigenvalue weighted by atomic mass is 9.97. The molecule has 116 valence electrons. The molecular formula is C16H26N4O. The van der Waals surface area contributed by atoms with Crippen LogP contribution in [0.25, 0.3) is 0 Å². The van der Waals surface area contributed by atoms with E-state index in [1.807, 2.05) is 19.9 Å². The molecule has 1 amide bonds. The zero-order valence-electron chi connectivity index (χ0n) is 13.4. The van der Waals surface area contributed by atoms with Gasteiger partial charge in [-0.15, -0.1) is 0 Å². The van der Waals surface area contributed by atoms with E-state index in [0.717, 1.165) is 62.7 Å². The summed E-state index contributed by atoms with van der Waals surface area (Å²) in [6, 6.07) is 1.97. The summed E-state index contributed by atoms with van der Waals surface area (Å²) in [5.41, 5.74) is 1.96. The number of carbonyl (C=O) groups is 1. The van der Waals surface area contributed by atoms with Crippen LogP contribution in [0.2, 0.25) is 0 Å². The minimum Gasteiger partial charge on any atom is -0.356 e. The van der Waals surface area contributed by atoms with Crippen LogP contribution in [0.3, 0.4) is 0 Å². The summed E-state index contributed by atoms with van der Waals surface area (Å²) in [6.07, 6.45) is 4.12. The van der Waals surface area contributed by atoms with Crippen LogP contribution in [-0.4, -0.2) is 35.5 Å². The monoisotopic (exact) mass is 290 g/mol. The maximum atomic E-state index is 12.2. The Kier molecular flexibility index (Phi) is 5.53. The van der Waals surface area contributed by atoms with Gasteiger partial charge in [-0.1, -0.05) is 13.3 Å². The Hall–Kier alpha value is -1.65. The lowest BCUT2D eigenvalue weighted by Gasteiger charge is -2.32. The predicted octanol–water partition coefficient (Wildman–Crippen LogP) is 2.23. The fraction of sp³-hybridized carbons (Fsp3) is 0.688. The lowest BCUT2D eigenvalue weighted by molar-refractivity contribution is -0.125. The summed E-state index contributed by atoms with van der Waals surface area (Å²) in [7, 11) is 0. The van der Waals surface area contributed by atoms with Gasteiger partial charge in [-0.05, 0) is 39.2 Å². The van der Waals surface area contributed by atoms with Crippen molar-refractivity contribution in [2.45, 2.75) is 46.5 Å². The number of unbranched alkanes of at least 4 members (excludes halogenated alkanes) is 1. The molecule has 1 aliphatic heterocycles. The molecule has 0 aromatic carbocycles. The van der Waals surface area contributed by atoms with Crippen molar-refractivity contribution in [1.82, 2.24) is 15.3 Å². The number of hydrogen-bond acceptors (Lipinski definition) is 4. The molecule has 0 bridgehead atoms. The first-order chi connectivity index (χ1) is 10.1. The minimum absolute atomic E-state index is 0.0556. The average molecular weight is 290 g/mol. The molecule has 1 saturated heterocycles. The summed E-state index contributed by atoms with van der Waals surface area (Å²) >= 11 is 0. The Labute approximate surface area is 127 Å². The van der Waals surface area contributed by atoms with Crippen LogP contribution in [0.1, 0.15) is 44.0 Å². The van der Waals surface area contributed by atoms with E-state index in [1.54, 1.807) is 0 Å². The number of aromatic nitrogens is 2. The molecule has 5 heteroatoms. The highest BCUT2D eigenvalue weighted by atomic mass is 16.1. The number of anilines is 1. The number of hydrogen-bond donors (Lipinski definition) is 1. The van der Waals surface area contributed by atoms with Crippen molar-refractivity contribution >= 4 is 11.9 Å². The molecule has 1 aromatic rings. The zero-order chi connectivity index (χ0) is 15.2. The van der Waals surface area contributed by atoms with Gasteiger partial charge in [0.2, 0.25) is 11.9 Å². The summed E-state index contributed by atoms with van der Waals surface area (Å²) < 4.78 is 0. The number of aryl methyl sites for hydroxylation is 2. The van der Waals surface area contributed by atoms with E-state index in [1.165, 1.54) is 0 Å². The second-order valence-electron chi connectivity index (χ2n) is 5.88. The van der Waals surface area contributed by atoms with Crippen molar-refractivity contribution in [3.05, 3.63) is 17.5 Å². The molecule has 1 N–H and O–H groups in total. The maximum absolute atomic E-state index is 12.2. The molecule has 2 heterocycles. The third-order valence-corrected chi connectivity index (χ3v) is 3.88. The Bertz CT molecular complexity index is 469. The standard InChI is InChI=1S/C16H26N4O/c1-4-5-8-17-15(21)14-7-6-9-20(11-14)16-18-12(2)10-13(3)19-16/h10,14H,4-9,11H2,1-3H3,(H,17,21). The first-order valence-corrected chi connectivity index (χ1v) is 7.95. The molecule has 0 spiro atoms. The highest BCUT2D eigenvalue weighted by Gasteiger charge is 2.27. The molecule has 1 aromatic heterocycles. The molecular weight excluding hydrogens is 264 g/mol. The minimum atomic E-state index is 0.0556. The Morgan fingerprint density at radius 3 is 2.76 bits per heavy atom. The molecule has 5 nitrogen and oxygen atoms in total. The van der Waals surface area contributed by atoms with Gasteiger partial charge in [-0.25, -0.2) is 9.97 Å². The van der Waals surface area contributed by atoms with Crippen LogP contribution < -0.4 is 10.2 Å². The molecule has 1 unspecified atom stereocenters. The number of nitrogens with zero attached hydrogens (tertiary/aromatic N) is 3. The van der Waals surface area contributed by atoms with Gasteiger partial charge in [-0.2, -0.15) is 0 Å². The van der Waals surface area contributed by atoms with Gasteiger partial charge < -0.3 is 10.2 Å². The van der Waals surface area contributed by atoms with Crippen LogP contribution in [0.15, 0.2) is 6.07 Å². The smallest absolute Gasteiger partial charge is 0.225 e. The SMILES string of the molecule is CCCCNC(=O)C1CCCN(c2nc(C)cc(C)n2)C1. The van der Waals surface area contributed by atoms with Crippen molar-refractivity contribution in [2.24, 2.45) is 5.92 Å². The average Bonchev–Trinajstić information content (AvgIpc) is 2.46. The van der Waals surface area contributed by atoms with Crippen molar-refractivity contribution < 1.29 is 4.79 Å². The van der Waals surface area contributed by atoms with Crippen molar-refractivity contribution in [1.29, 1.82) is 0 Å². The zero-order valence-corrected chi connectivity index (χ0v) is 13.4. The van der Waals surface area contributed by atoms with E-state index < -0.39 is 0 Å². The van der Waals surface area contributed by atoms with Gasteiger partial charge in [0.15, 0.2) is 0 Å². The predicted molar refractivity (Wildman–Crippen MR) is 84.4 cm³/mol. The van der Waals surface area contributed by atoms with Crippen LogP contribution >= 0.6 is 0 Å². The summed E-state index contributed by atoms with van der Waals surface area (Å²) in [5.74, 6) is 0.996. The summed E-state index contributed by atoms with van der Waals surface area (Å²) in [6.45, 7) is 8.54. The number of nitrogens with one attached hydrogen (secondary N) is 1. The lowest BCUT2D eigenvalue weighted by Crippen LogP contribution is -2.44. The fourth-order valence-corrected chi connectivity index (χ4v) is 2.75. The van der Waals surface area contributed by atoms with Crippen molar-refractivity contribution in [3.63, 3.8) is 0 Å². The molecule has 1 fully saturated rings. The van der Waals surface area contributed by atoms with Crippen LogP contribution in [-0.2, 0) is 4.79 Å². The van der Waals surface area contributed by atoms with E-state index in [-0.39, 0.29) is 11.8 Å². The van der Waals surface area contributed by atoms with E-state index in [9.17, 15) is 4.79 Å². The molecule has 21 heavy (non-hydrogen) atoms. The topological polar surface area (TPSA) is 58.1 Å². The molecule has 2 rings (SSSR count). The van der Waals surface area contributed by atoms with Crippen LogP contribution in [0, 0.1) is 19.8 Å². The van der Waals surface area contributed by atoms with E-state index in [4.69, 9.17) is 0 Å². The normalized spacial score (nSPS) is 18.6. The Morgan fingerprint density at radius 1 is 1.38 bits per heavy atom. The molecule has 0 radical (unpaired) electrons. The van der Waals surface area contributed by atoms with Crippen molar-refractivity contribution in [2.75, 3.05) is 24.5 Å². The van der Waals surface area contributed by atoms with E-state index >= 15 is 0 Å². The van der Waals surface area contributed by atoms with Gasteiger partial charge in [0.05, 0.1) is 5.92 Å². The van der Waals surface area contributed by atoms with Crippen molar-refractivity contribution in [3.8, 4) is 0 Å². The quantitative estimate of drug-likeness (QED) is 0.845. The van der Waals surface area contributed by atoms with E-state index in [0.29, 0.717) is 0 Å².